The van der Waals surface area contributed by atoms with Gasteiger partial charge in [0.25, 0.3) is 0 Å². The average Bonchev–Trinajstić information content (AvgIpc) is 2.66. The summed E-state index contributed by atoms with van der Waals surface area (Å²) in [6.45, 7) is 5.77. The summed E-state index contributed by atoms with van der Waals surface area (Å²) >= 11 is 0. The number of hydrogen-bond donors (Lipinski definition) is 1. The third-order valence-electron chi connectivity index (χ3n) is 2.03. The quantitative estimate of drug-likeness (QED) is 0.613. The average molecular weight is 155 g/mol. The maximum Gasteiger partial charge on any atom is 0.318 e. The molecule has 0 bridgehead atoms. The number of carbonyl (C=O) groups excluding carboxylic acids is 1. The van der Waals surface area contributed by atoms with Crippen molar-refractivity contribution in [3.05, 3.63) is 12.3 Å². The predicted octanol–water partition coefficient (Wildman–Crippen LogP) is 0.802. The molecule has 0 atom stereocenters. The number of esters is 1. The highest BCUT2D eigenvalue weighted by Gasteiger charge is 2.52. The van der Waals surface area contributed by atoms with E-state index in [-0.39, 0.29) is 5.97 Å². The van der Waals surface area contributed by atoms with Crippen LogP contribution in [0.5, 0.6) is 0 Å². The first-order valence-corrected chi connectivity index (χ1v) is 3.75. The van der Waals surface area contributed by atoms with Crippen molar-refractivity contribution in [1.29, 1.82) is 0 Å². The number of carbonyl (C=O) groups is 1. The summed E-state index contributed by atoms with van der Waals surface area (Å²) in [6.07, 6.45) is 1.59. The summed E-state index contributed by atoms with van der Waals surface area (Å²) in [5.41, 5.74) is 5.39. The van der Waals surface area contributed by atoms with E-state index in [1.165, 1.54) is 0 Å². The van der Waals surface area contributed by atoms with Gasteiger partial charge in [0, 0.05) is 5.70 Å². The Hall–Kier alpha value is -0.990. The van der Waals surface area contributed by atoms with E-state index < -0.39 is 5.41 Å². The molecule has 0 amide bonds. The first-order chi connectivity index (χ1) is 5.13. The Bertz CT molecular complexity index is 194. The molecule has 0 aliphatic heterocycles. The molecule has 1 aliphatic rings. The van der Waals surface area contributed by atoms with Gasteiger partial charge >= 0.3 is 5.97 Å². The summed E-state index contributed by atoms with van der Waals surface area (Å²) in [5.74, 6) is -0.215. The number of nitrogens with two attached hydrogens (primary N) is 1. The van der Waals surface area contributed by atoms with Crippen LogP contribution in [0, 0.1) is 5.41 Å². The molecule has 1 fully saturated rings. The lowest BCUT2D eigenvalue weighted by Crippen LogP contribution is -2.24. The molecule has 0 heterocycles. The summed E-state index contributed by atoms with van der Waals surface area (Å²) in [6, 6.07) is 0. The van der Waals surface area contributed by atoms with Crippen LogP contribution in [0.15, 0.2) is 12.3 Å². The molecule has 1 saturated carbocycles. The fourth-order valence-electron chi connectivity index (χ4n) is 1.05. The van der Waals surface area contributed by atoms with E-state index in [0.29, 0.717) is 12.3 Å². The van der Waals surface area contributed by atoms with Gasteiger partial charge in [-0.3, -0.25) is 4.79 Å². The van der Waals surface area contributed by atoms with Gasteiger partial charge in [-0.1, -0.05) is 6.58 Å². The minimum Gasteiger partial charge on any atom is -0.465 e. The second-order valence-corrected chi connectivity index (χ2v) is 2.83. The lowest BCUT2D eigenvalue weighted by Gasteiger charge is -2.12. The Balaban J connectivity index is 2.58. The lowest BCUT2D eigenvalue weighted by molar-refractivity contribution is -0.148. The van der Waals surface area contributed by atoms with Gasteiger partial charge in [-0.05, 0) is 19.8 Å². The van der Waals surface area contributed by atoms with Crippen LogP contribution < -0.4 is 5.73 Å². The number of hydrogen-bond acceptors (Lipinski definition) is 3. The highest BCUT2D eigenvalue weighted by Crippen LogP contribution is 2.50. The molecule has 0 spiro atoms. The lowest BCUT2D eigenvalue weighted by atomic mass is 10.1. The summed E-state index contributed by atoms with van der Waals surface area (Å²) in [7, 11) is 0. The van der Waals surface area contributed by atoms with Crippen LogP contribution >= 0.6 is 0 Å². The summed E-state index contributed by atoms with van der Waals surface area (Å²) < 4.78 is 4.85. The maximum atomic E-state index is 11.2. The van der Waals surface area contributed by atoms with Gasteiger partial charge in [0.1, 0.15) is 5.41 Å². The van der Waals surface area contributed by atoms with Crippen LogP contribution in [0.4, 0.5) is 0 Å². The molecule has 1 aliphatic carbocycles. The monoisotopic (exact) mass is 155 g/mol. The molecule has 11 heavy (non-hydrogen) atoms. The minimum atomic E-state index is -0.518. The minimum absolute atomic E-state index is 0.215. The van der Waals surface area contributed by atoms with E-state index in [0.717, 1.165) is 12.8 Å². The van der Waals surface area contributed by atoms with Crippen LogP contribution in [-0.4, -0.2) is 12.6 Å². The van der Waals surface area contributed by atoms with Gasteiger partial charge in [0.15, 0.2) is 0 Å². The molecule has 0 aromatic heterocycles. The van der Waals surface area contributed by atoms with Gasteiger partial charge in [-0.2, -0.15) is 0 Å². The molecule has 0 unspecified atom stereocenters. The highest BCUT2D eigenvalue weighted by molar-refractivity contribution is 5.83. The van der Waals surface area contributed by atoms with Crippen LogP contribution in [0.1, 0.15) is 19.8 Å². The molecular weight excluding hydrogens is 142 g/mol. The molecule has 0 aromatic carbocycles. The topological polar surface area (TPSA) is 52.3 Å². The fraction of sp³-hybridized carbons (Fsp3) is 0.625. The van der Waals surface area contributed by atoms with Crippen LogP contribution in [0.3, 0.4) is 0 Å². The van der Waals surface area contributed by atoms with Gasteiger partial charge in [-0.15, -0.1) is 0 Å². The molecule has 62 valence electrons. The molecule has 3 heteroatoms. The molecule has 2 N–H and O–H groups in total. The van der Waals surface area contributed by atoms with Gasteiger partial charge in [0.2, 0.25) is 0 Å². The smallest absolute Gasteiger partial charge is 0.318 e. The molecule has 0 aromatic rings. The van der Waals surface area contributed by atoms with Crippen molar-refractivity contribution in [3.63, 3.8) is 0 Å². The first kappa shape index (κ1) is 8.11. The molecule has 3 nitrogen and oxygen atoms in total. The third kappa shape index (κ3) is 1.23. The number of ether oxygens (including phenoxy) is 1. The second kappa shape index (κ2) is 2.57. The van der Waals surface area contributed by atoms with E-state index in [4.69, 9.17) is 10.5 Å². The van der Waals surface area contributed by atoms with Gasteiger partial charge in [-0.25, -0.2) is 0 Å². The van der Waals surface area contributed by atoms with Crippen LogP contribution in [0.25, 0.3) is 0 Å². The van der Waals surface area contributed by atoms with Crippen molar-refractivity contribution in [1.82, 2.24) is 0 Å². The fourth-order valence-corrected chi connectivity index (χ4v) is 1.05. The van der Waals surface area contributed by atoms with Crippen molar-refractivity contribution >= 4 is 5.97 Å². The Kier molecular flexibility index (Phi) is 1.89. The number of rotatable bonds is 3. The largest absolute Gasteiger partial charge is 0.465 e. The van der Waals surface area contributed by atoms with Gasteiger partial charge in [0.05, 0.1) is 6.61 Å². The zero-order valence-corrected chi connectivity index (χ0v) is 6.72. The molecule has 0 saturated heterocycles. The highest BCUT2D eigenvalue weighted by atomic mass is 16.5. The van der Waals surface area contributed by atoms with Crippen molar-refractivity contribution < 1.29 is 9.53 Å². The second-order valence-electron chi connectivity index (χ2n) is 2.83. The van der Waals surface area contributed by atoms with E-state index in [1.807, 2.05) is 0 Å². The maximum absolute atomic E-state index is 11.2. The van der Waals surface area contributed by atoms with E-state index in [9.17, 15) is 4.79 Å². The standard InChI is InChI=1S/C8H13NO2/c1-3-11-7(10)8(4-5-8)6(2)9/h2-5,9H2,1H3. The molecule has 1 rings (SSSR count). The van der Waals surface area contributed by atoms with Crippen molar-refractivity contribution in [2.45, 2.75) is 19.8 Å². The third-order valence-corrected chi connectivity index (χ3v) is 2.03. The molecule has 0 radical (unpaired) electrons. The normalized spacial score (nSPS) is 19.0. The van der Waals surface area contributed by atoms with E-state index in [1.54, 1.807) is 6.92 Å². The summed E-state index contributed by atoms with van der Waals surface area (Å²) in [4.78, 5) is 11.2. The van der Waals surface area contributed by atoms with Crippen molar-refractivity contribution in [2.75, 3.05) is 6.61 Å². The molecular formula is C8H13NO2. The zero-order chi connectivity index (χ0) is 8.48. The van der Waals surface area contributed by atoms with Crippen LogP contribution in [0.2, 0.25) is 0 Å². The SMILES string of the molecule is C=C(N)C1(C(=O)OCC)CC1. The Morgan fingerprint density at radius 1 is 1.73 bits per heavy atom. The Labute approximate surface area is 66.2 Å². The van der Waals surface area contributed by atoms with Crippen LogP contribution in [-0.2, 0) is 9.53 Å². The van der Waals surface area contributed by atoms with Crippen molar-refractivity contribution in [2.24, 2.45) is 11.1 Å². The predicted molar refractivity (Wildman–Crippen MR) is 41.6 cm³/mol. The Morgan fingerprint density at radius 2 is 2.27 bits per heavy atom. The van der Waals surface area contributed by atoms with E-state index in [2.05, 4.69) is 6.58 Å². The Morgan fingerprint density at radius 3 is 2.55 bits per heavy atom. The van der Waals surface area contributed by atoms with E-state index >= 15 is 0 Å². The first-order valence-electron chi connectivity index (χ1n) is 3.75. The zero-order valence-electron chi connectivity index (χ0n) is 6.72. The van der Waals surface area contributed by atoms with Gasteiger partial charge < -0.3 is 10.5 Å². The van der Waals surface area contributed by atoms with Crippen molar-refractivity contribution in [3.8, 4) is 0 Å². The summed E-state index contributed by atoms with van der Waals surface area (Å²) in [5, 5.41) is 0.